The lowest BCUT2D eigenvalue weighted by Gasteiger charge is -2.18. The summed E-state index contributed by atoms with van der Waals surface area (Å²) < 4.78 is 5.95. The van der Waals surface area contributed by atoms with Gasteiger partial charge in [-0.25, -0.2) is 0 Å². The largest absolute Gasteiger partial charge is 0.462 e. The monoisotopic (exact) mass is 638 g/mol. The Morgan fingerprint density at radius 3 is 1.78 bits per heavy atom. The number of hydrogen-bond acceptors (Lipinski definition) is 3. The van der Waals surface area contributed by atoms with E-state index in [0.717, 1.165) is 51.5 Å². The van der Waals surface area contributed by atoms with Gasteiger partial charge in [0.1, 0.15) is 6.10 Å². The average Bonchev–Trinajstić information content (AvgIpc) is 3.05. The van der Waals surface area contributed by atoms with Gasteiger partial charge in [0.15, 0.2) is 0 Å². The molecule has 1 unspecified atom stereocenters. The Kier molecular flexibility index (Phi) is 37.4. The summed E-state index contributed by atoms with van der Waals surface area (Å²) in [5, 5.41) is 3.12. The molecule has 3 nitrogen and oxygen atoms in total. The van der Waals surface area contributed by atoms with E-state index >= 15 is 0 Å². The third-order valence-electron chi connectivity index (χ3n) is 8.45. The molecule has 0 spiro atoms. The van der Waals surface area contributed by atoms with E-state index < -0.39 is 0 Å². The number of ether oxygens (including phenoxy) is 1. The number of rotatable bonds is 34. The zero-order chi connectivity index (χ0) is 33.4. The number of hydrogen-bond donors (Lipinski definition) is 1. The van der Waals surface area contributed by atoms with Crippen LogP contribution in [0.1, 0.15) is 187 Å². The molecule has 0 aliphatic rings. The smallest absolute Gasteiger partial charge is 0.306 e. The molecule has 0 aliphatic carbocycles. The first-order valence-corrected chi connectivity index (χ1v) is 19.6. The van der Waals surface area contributed by atoms with Crippen molar-refractivity contribution < 1.29 is 9.53 Å². The van der Waals surface area contributed by atoms with Gasteiger partial charge in [-0.1, -0.05) is 120 Å². The van der Waals surface area contributed by atoms with Gasteiger partial charge >= 0.3 is 5.97 Å². The van der Waals surface area contributed by atoms with Crippen LogP contribution in [0, 0.1) is 11.8 Å². The van der Waals surface area contributed by atoms with Gasteiger partial charge in [-0.05, 0) is 110 Å². The van der Waals surface area contributed by atoms with E-state index in [4.69, 9.17) is 4.74 Å². The molecule has 0 radical (unpaired) electrons. The summed E-state index contributed by atoms with van der Waals surface area (Å²) in [5.74, 6) is 6.52. The highest BCUT2D eigenvalue weighted by Gasteiger charge is 2.14. The first kappa shape index (κ1) is 43.9. The minimum absolute atomic E-state index is 0.0113. The van der Waals surface area contributed by atoms with Crippen molar-refractivity contribution in [3.05, 3.63) is 49.1 Å². The Morgan fingerprint density at radius 1 is 0.652 bits per heavy atom. The van der Waals surface area contributed by atoms with Crippen molar-refractivity contribution in [1.29, 1.82) is 0 Å². The standard InChI is InChI=1S/C43H75NO2/c1-4-6-8-10-12-14-16-18-20-22-24-26-28-30-32-34-36-39-42(46-43(45)40-37-41-44-3)38-35-33-31-29-27-25-23-21-19-17-15-13-11-9-7-5-2/h4,13,15,19-22,42,44H,1,5-12,17-18,23-41H2,2-3H3/b15-13-,21-19-,22-20-. The second-order valence-electron chi connectivity index (χ2n) is 13.0. The van der Waals surface area contributed by atoms with E-state index in [1.165, 1.54) is 128 Å². The molecule has 0 saturated heterocycles. The Hall–Kier alpha value is -2.05. The molecule has 0 aromatic rings. The summed E-state index contributed by atoms with van der Waals surface area (Å²) in [6, 6.07) is 0. The van der Waals surface area contributed by atoms with Crippen LogP contribution in [0.25, 0.3) is 0 Å². The molecule has 1 N–H and O–H groups in total. The molecule has 0 bridgehead atoms. The fraction of sp³-hybridized carbons (Fsp3) is 0.744. The van der Waals surface area contributed by atoms with Crippen LogP contribution in [-0.4, -0.2) is 25.7 Å². The SMILES string of the molecule is C=CCCCCC#CC/C=C\CCCCCCCCC(CCCCCCCC/C=C\C/C=C\CCCCC)OC(=O)CCCNC. The molecule has 1 atom stereocenters. The van der Waals surface area contributed by atoms with Gasteiger partial charge in [0.05, 0.1) is 0 Å². The lowest BCUT2D eigenvalue weighted by atomic mass is 10.0. The predicted octanol–water partition coefficient (Wildman–Crippen LogP) is 12.9. The molecule has 0 amide bonds. The van der Waals surface area contributed by atoms with Crippen molar-refractivity contribution in [3.63, 3.8) is 0 Å². The molecular weight excluding hydrogens is 562 g/mol. The molecule has 264 valence electrons. The van der Waals surface area contributed by atoms with Crippen LogP contribution in [0.4, 0.5) is 0 Å². The van der Waals surface area contributed by atoms with E-state index in [9.17, 15) is 4.79 Å². The third-order valence-corrected chi connectivity index (χ3v) is 8.45. The molecule has 0 aliphatic heterocycles. The second-order valence-corrected chi connectivity index (χ2v) is 13.0. The van der Waals surface area contributed by atoms with Crippen LogP contribution in [-0.2, 0) is 9.53 Å². The van der Waals surface area contributed by atoms with Crippen molar-refractivity contribution in [2.45, 2.75) is 193 Å². The molecule has 0 rings (SSSR count). The molecule has 3 heteroatoms. The average molecular weight is 638 g/mol. The van der Waals surface area contributed by atoms with E-state index in [0.29, 0.717) is 6.42 Å². The van der Waals surface area contributed by atoms with E-state index in [1.807, 2.05) is 13.1 Å². The fourth-order valence-corrected chi connectivity index (χ4v) is 5.54. The fourth-order valence-electron chi connectivity index (χ4n) is 5.54. The Labute approximate surface area is 287 Å². The van der Waals surface area contributed by atoms with E-state index in [-0.39, 0.29) is 12.1 Å². The van der Waals surface area contributed by atoms with E-state index in [2.05, 4.69) is 67.1 Å². The Morgan fingerprint density at radius 2 is 1.20 bits per heavy atom. The highest BCUT2D eigenvalue weighted by molar-refractivity contribution is 5.69. The molecular formula is C43H75NO2. The number of unbranched alkanes of at least 4 members (excludes halogenated alkanes) is 18. The maximum absolute atomic E-state index is 12.4. The zero-order valence-electron chi connectivity index (χ0n) is 30.6. The lowest BCUT2D eigenvalue weighted by molar-refractivity contribution is -0.150. The van der Waals surface area contributed by atoms with E-state index in [1.54, 1.807) is 0 Å². The highest BCUT2D eigenvalue weighted by atomic mass is 16.5. The number of carbonyl (C=O) groups excluding carboxylic acids is 1. The number of carbonyl (C=O) groups is 1. The van der Waals surface area contributed by atoms with Gasteiger partial charge in [0.25, 0.3) is 0 Å². The topological polar surface area (TPSA) is 38.3 Å². The van der Waals surface area contributed by atoms with Crippen LogP contribution in [0.2, 0.25) is 0 Å². The van der Waals surface area contributed by atoms with Crippen LogP contribution in [0.5, 0.6) is 0 Å². The summed E-state index contributed by atoms with van der Waals surface area (Å²) in [4.78, 5) is 12.4. The Bertz CT molecular complexity index is 799. The summed E-state index contributed by atoms with van der Waals surface area (Å²) in [7, 11) is 1.93. The van der Waals surface area contributed by atoms with Crippen LogP contribution >= 0.6 is 0 Å². The van der Waals surface area contributed by atoms with Gasteiger partial charge in [-0.3, -0.25) is 4.79 Å². The lowest BCUT2D eigenvalue weighted by Crippen LogP contribution is -2.19. The van der Waals surface area contributed by atoms with Crippen LogP contribution in [0.15, 0.2) is 49.1 Å². The first-order valence-electron chi connectivity index (χ1n) is 19.6. The van der Waals surface area contributed by atoms with Crippen LogP contribution in [0.3, 0.4) is 0 Å². The third kappa shape index (κ3) is 36.4. The van der Waals surface area contributed by atoms with Gasteiger partial charge in [-0.2, -0.15) is 0 Å². The zero-order valence-corrected chi connectivity index (χ0v) is 30.6. The van der Waals surface area contributed by atoms with Crippen molar-refractivity contribution in [2.75, 3.05) is 13.6 Å². The van der Waals surface area contributed by atoms with Crippen molar-refractivity contribution in [3.8, 4) is 11.8 Å². The van der Waals surface area contributed by atoms with Crippen molar-refractivity contribution >= 4 is 5.97 Å². The second kappa shape index (κ2) is 39.1. The molecule has 0 aromatic heterocycles. The summed E-state index contributed by atoms with van der Waals surface area (Å²) in [6.07, 6.45) is 48.7. The van der Waals surface area contributed by atoms with Gasteiger partial charge in [0, 0.05) is 19.3 Å². The van der Waals surface area contributed by atoms with Crippen LogP contribution < -0.4 is 5.32 Å². The van der Waals surface area contributed by atoms with Crippen molar-refractivity contribution in [1.82, 2.24) is 5.32 Å². The number of nitrogens with one attached hydrogen (secondary N) is 1. The van der Waals surface area contributed by atoms with Gasteiger partial charge in [-0.15, -0.1) is 12.5 Å². The quantitative estimate of drug-likeness (QED) is 0.0330. The number of allylic oxidation sites excluding steroid dienone is 7. The summed E-state index contributed by atoms with van der Waals surface area (Å²) in [6.45, 7) is 6.89. The molecule has 46 heavy (non-hydrogen) atoms. The molecule has 0 fully saturated rings. The van der Waals surface area contributed by atoms with Gasteiger partial charge < -0.3 is 10.1 Å². The van der Waals surface area contributed by atoms with Crippen molar-refractivity contribution in [2.24, 2.45) is 0 Å². The van der Waals surface area contributed by atoms with Gasteiger partial charge in [0.2, 0.25) is 0 Å². The first-order chi connectivity index (χ1) is 22.7. The molecule has 0 heterocycles. The minimum atomic E-state index is -0.0113. The molecule has 0 saturated carbocycles. The predicted molar refractivity (Wildman–Crippen MR) is 204 cm³/mol. The maximum atomic E-state index is 12.4. The number of esters is 1. The molecule has 0 aromatic carbocycles. The maximum Gasteiger partial charge on any atom is 0.306 e. The highest BCUT2D eigenvalue weighted by Crippen LogP contribution is 2.18. The Balaban J connectivity index is 3.95. The minimum Gasteiger partial charge on any atom is -0.462 e. The summed E-state index contributed by atoms with van der Waals surface area (Å²) >= 11 is 0. The summed E-state index contributed by atoms with van der Waals surface area (Å²) in [5.41, 5.74) is 0. The normalized spacial score (nSPS) is 12.2.